The molecule has 0 saturated carbocycles. The molecule has 2 aromatic rings. The largest absolute Gasteiger partial charge is 0.497 e. The van der Waals surface area contributed by atoms with Crippen molar-refractivity contribution in [2.45, 2.75) is 12.7 Å². The minimum atomic E-state index is -4.51. The maximum atomic E-state index is 12.7. The highest BCUT2D eigenvalue weighted by Crippen LogP contribution is 2.20. The smallest absolute Gasteiger partial charge is 0.406 e. The number of methoxy groups -OCH3 is 1. The van der Waals surface area contributed by atoms with Crippen molar-refractivity contribution in [2.24, 2.45) is 0 Å². The van der Waals surface area contributed by atoms with Crippen LogP contribution in [0.3, 0.4) is 0 Å². The number of halogens is 3. The van der Waals surface area contributed by atoms with Crippen molar-refractivity contribution in [3.63, 3.8) is 0 Å². The fourth-order valence-corrected chi connectivity index (χ4v) is 1.95. The lowest BCUT2D eigenvalue weighted by molar-refractivity contribution is -0.164. The molecule has 0 saturated heterocycles. The van der Waals surface area contributed by atoms with Crippen LogP contribution in [-0.4, -0.2) is 37.2 Å². The van der Waals surface area contributed by atoms with E-state index < -0.39 is 25.2 Å². The molecule has 5 nitrogen and oxygen atoms in total. The lowest BCUT2D eigenvalue weighted by Crippen LogP contribution is -2.40. The van der Waals surface area contributed by atoms with Crippen LogP contribution >= 0.6 is 0 Å². The van der Waals surface area contributed by atoms with Gasteiger partial charge < -0.3 is 18.8 Å². The van der Waals surface area contributed by atoms with Crippen LogP contribution in [0.1, 0.15) is 5.76 Å². The third-order valence-electron chi connectivity index (χ3n) is 3.07. The van der Waals surface area contributed by atoms with Gasteiger partial charge in [0.15, 0.2) is 6.61 Å². The Bertz CT molecular complexity index is 638. The maximum absolute atomic E-state index is 12.7. The molecule has 0 spiro atoms. The first-order valence-electron chi connectivity index (χ1n) is 7.01. The van der Waals surface area contributed by atoms with Gasteiger partial charge in [0.1, 0.15) is 23.8 Å². The molecule has 0 fully saturated rings. The molecule has 8 heteroatoms. The van der Waals surface area contributed by atoms with Gasteiger partial charge >= 0.3 is 6.18 Å². The van der Waals surface area contributed by atoms with Gasteiger partial charge in [-0.1, -0.05) is 0 Å². The highest BCUT2D eigenvalue weighted by molar-refractivity contribution is 5.77. The van der Waals surface area contributed by atoms with Crippen LogP contribution in [0, 0.1) is 0 Å². The number of alkyl halides is 3. The van der Waals surface area contributed by atoms with Crippen LogP contribution in [0.2, 0.25) is 0 Å². The van der Waals surface area contributed by atoms with Crippen LogP contribution in [-0.2, 0) is 11.3 Å². The Labute approximate surface area is 136 Å². The molecule has 24 heavy (non-hydrogen) atoms. The molecule has 2 rings (SSSR count). The summed E-state index contributed by atoms with van der Waals surface area (Å²) in [4.78, 5) is 12.7. The minimum absolute atomic E-state index is 0.261. The van der Waals surface area contributed by atoms with E-state index in [0.29, 0.717) is 16.4 Å². The zero-order valence-electron chi connectivity index (χ0n) is 12.9. The number of ether oxygens (including phenoxy) is 2. The Kier molecular flexibility index (Phi) is 5.73. The summed E-state index contributed by atoms with van der Waals surface area (Å²) in [5, 5.41) is 0. The number of amides is 1. The zero-order valence-corrected chi connectivity index (χ0v) is 12.9. The number of hydrogen-bond acceptors (Lipinski definition) is 4. The van der Waals surface area contributed by atoms with Gasteiger partial charge in [-0.15, -0.1) is 0 Å². The Hall–Kier alpha value is -2.64. The molecule has 130 valence electrons. The summed E-state index contributed by atoms with van der Waals surface area (Å²) < 4.78 is 53.2. The SMILES string of the molecule is COc1ccc(OCC(=O)N(Cc2ccco2)CC(F)(F)F)cc1. The van der Waals surface area contributed by atoms with E-state index in [1.54, 1.807) is 30.3 Å². The van der Waals surface area contributed by atoms with Crippen molar-refractivity contribution in [3.8, 4) is 11.5 Å². The van der Waals surface area contributed by atoms with Crippen molar-refractivity contribution in [1.82, 2.24) is 4.90 Å². The van der Waals surface area contributed by atoms with Gasteiger partial charge in [0.2, 0.25) is 0 Å². The van der Waals surface area contributed by atoms with Crippen molar-refractivity contribution in [3.05, 3.63) is 48.4 Å². The van der Waals surface area contributed by atoms with Crippen LogP contribution in [0.15, 0.2) is 47.1 Å². The fourth-order valence-electron chi connectivity index (χ4n) is 1.95. The lowest BCUT2D eigenvalue weighted by Gasteiger charge is -2.23. The molecule has 0 atom stereocenters. The predicted octanol–water partition coefficient (Wildman–Crippen LogP) is 3.26. The summed E-state index contributed by atoms with van der Waals surface area (Å²) in [6.45, 7) is -2.17. The lowest BCUT2D eigenvalue weighted by atomic mass is 10.3. The van der Waals surface area contributed by atoms with Crippen molar-refractivity contribution in [1.29, 1.82) is 0 Å². The average molecular weight is 343 g/mol. The molecule has 0 N–H and O–H groups in total. The highest BCUT2D eigenvalue weighted by atomic mass is 19.4. The number of carbonyl (C=O) groups is 1. The Balaban J connectivity index is 1.97. The number of hydrogen-bond donors (Lipinski definition) is 0. The molecule has 1 amide bonds. The van der Waals surface area contributed by atoms with Gasteiger partial charge in [-0.25, -0.2) is 0 Å². The summed E-state index contributed by atoms with van der Waals surface area (Å²) in [6.07, 6.45) is -3.18. The first-order chi connectivity index (χ1) is 11.4. The first kappa shape index (κ1) is 17.7. The monoisotopic (exact) mass is 343 g/mol. The summed E-state index contributed by atoms with van der Waals surface area (Å²) in [6, 6.07) is 9.41. The van der Waals surface area contributed by atoms with Crippen molar-refractivity contribution in [2.75, 3.05) is 20.3 Å². The summed E-state index contributed by atoms with van der Waals surface area (Å²) in [5.41, 5.74) is 0. The third-order valence-corrected chi connectivity index (χ3v) is 3.07. The van der Waals surface area contributed by atoms with Gasteiger partial charge in [-0.2, -0.15) is 13.2 Å². The molecule has 0 aliphatic heterocycles. The number of furan rings is 1. The summed E-state index contributed by atoms with van der Waals surface area (Å²) in [7, 11) is 1.50. The van der Waals surface area contributed by atoms with E-state index in [4.69, 9.17) is 13.9 Å². The molecule has 0 bridgehead atoms. The second-order valence-corrected chi connectivity index (χ2v) is 4.91. The van der Waals surface area contributed by atoms with E-state index in [2.05, 4.69) is 0 Å². The molecule has 1 aromatic carbocycles. The molecule has 1 heterocycles. The minimum Gasteiger partial charge on any atom is -0.497 e. The van der Waals surface area contributed by atoms with E-state index >= 15 is 0 Å². The number of benzene rings is 1. The topological polar surface area (TPSA) is 51.9 Å². The van der Waals surface area contributed by atoms with E-state index in [1.807, 2.05) is 0 Å². The van der Waals surface area contributed by atoms with Crippen molar-refractivity contribution >= 4 is 5.91 Å². The second kappa shape index (κ2) is 7.76. The van der Waals surface area contributed by atoms with Gasteiger partial charge in [0.25, 0.3) is 5.91 Å². The molecule has 0 aliphatic rings. The van der Waals surface area contributed by atoms with E-state index in [-0.39, 0.29) is 12.3 Å². The normalized spacial score (nSPS) is 11.2. The summed E-state index contributed by atoms with van der Waals surface area (Å²) in [5.74, 6) is 0.427. The van der Waals surface area contributed by atoms with Crippen molar-refractivity contribution < 1.29 is 31.9 Å². The van der Waals surface area contributed by atoms with Gasteiger partial charge in [-0.05, 0) is 36.4 Å². The molecule has 0 radical (unpaired) electrons. The Morgan fingerprint density at radius 3 is 2.38 bits per heavy atom. The van der Waals surface area contributed by atoms with E-state index in [9.17, 15) is 18.0 Å². The Morgan fingerprint density at radius 2 is 1.83 bits per heavy atom. The van der Waals surface area contributed by atoms with E-state index in [1.165, 1.54) is 19.4 Å². The van der Waals surface area contributed by atoms with Crippen LogP contribution in [0.5, 0.6) is 11.5 Å². The van der Waals surface area contributed by atoms with Gasteiger partial charge in [-0.3, -0.25) is 4.79 Å². The molecule has 1 aromatic heterocycles. The van der Waals surface area contributed by atoms with E-state index in [0.717, 1.165) is 0 Å². The number of rotatable bonds is 7. The first-order valence-corrected chi connectivity index (χ1v) is 7.01. The second-order valence-electron chi connectivity index (χ2n) is 4.91. The number of carbonyl (C=O) groups excluding carboxylic acids is 1. The predicted molar refractivity (Wildman–Crippen MR) is 78.7 cm³/mol. The molecular weight excluding hydrogens is 327 g/mol. The quantitative estimate of drug-likeness (QED) is 0.774. The Morgan fingerprint density at radius 1 is 1.17 bits per heavy atom. The highest BCUT2D eigenvalue weighted by Gasteiger charge is 2.33. The average Bonchev–Trinajstić information content (AvgIpc) is 3.04. The van der Waals surface area contributed by atoms with Crippen LogP contribution in [0.25, 0.3) is 0 Å². The number of nitrogens with zero attached hydrogens (tertiary/aromatic N) is 1. The van der Waals surface area contributed by atoms with Gasteiger partial charge in [0.05, 0.1) is 19.9 Å². The van der Waals surface area contributed by atoms with Gasteiger partial charge in [0, 0.05) is 0 Å². The van der Waals surface area contributed by atoms with Crippen LogP contribution in [0.4, 0.5) is 13.2 Å². The fraction of sp³-hybridized carbons (Fsp3) is 0.312. The molecular formula is C16H16F3NO4. The maximum Gasteiger partial charge on any atom is 0.406 e. The molecule has 0 aliphatic carbocycles. The molecule has 0 unspecified atom stereocenters. The standard InChI is InChI=1S/C16H16F3NO4/c1-22-12-4-6-13(7-5-12)24-10-15(21)20(11-16(17,18)19)9-14-3-2-8-23-14/h2-8H,9-11H2,1H3. The third kappa shape index (κ3) is 5.53. The van der Waals surface area contributed by atoms with Crippen LogP contribution < -0.4 is 9.47 Å². The summed E-state index contributed by atoms with van der Waals surface area (Å²) >= 11 is 0. The zero-order chi connectivity index (χ0) is 17.6.